The Morgan fingerprint density at radius 2 is 2.58 bits per heavy atom. The number of carbonyl (C=O) groups is 1. The number of hydrogen-bond donors (Lipinski definition) is 1. The van der Waals surface area contributed by atoms with Crippen molar-refractivity contribution < 1.29 is 14.6 Å². The number of carboxylic acids is 1. The molecule has 1 saturated heterocycles. The van der Waals surface area contributed by atoms with Crippen LogP contribution >= 0.6 is 11.3 Å². The Hall–Kier alpha value is -0.870. The maximum Gasteiger partial charge on any atom is 0.338 e. The van der Waals surface area contributed by atoms with E-state index in [9.17, 15) is 4.79 Å². The maximum atomic E-state index is 10.7. The van der Waals surface area contributed by atoms with Crippen molar-refractivity contribution in [3.05, 3.63) is 22.4 Å². The first kappa shape index (κ1) is 7.76. The third-order valence-electron chi connectivity index (χ3n) is 2.03. The lowest BCUT2D eigenvalue weighted by Gasteiger charge is -1.95. The molecule has 0 aliphatic carbocycles. The molecule has 0 spiro atoms. The van der Waals surface area contributed by atoms with Crippen LogP contribution in [0.3, 0.4) is 0 Å². The van der Waals surface area contributed by atoms with Gasteiger partial charge < -0.3 is 9.84 Å². The third kappa shape index (κ3) is 0.956. The molecule has 1 aromatic heterocycles. The minimum absolute atomic E-state index is 0.241. The largest absolute Gasteiger partial charge is 0.479 e. The van der Waals surface area contributed by atoms with Gasteiger partial charge in [0, 0.05) is 4.88 Å². The Bertz CT molecular complexity index is 306. The normalized spacial score (nSPS) is 33.2. The highest BCUT2D eigenvalue weighted by Gasteiger charge is 2.60. The van der Waals surface area contributed by atoms with Crippen LogP contribution in [0.1, 0.15) is 17.9 Å². The fourth-order valence-corrected chi connectivity index (χ4v) is 2.01. The molecule has 0 radical (unpaired) electrons. The van der Waals surface area contributed by atoms with E-state index in [2.05, 4.69) is 0 Å². The standard InChI is InChI=1S/C8H8O3S/c1-8(7(9)10)6(11-8)5-3-2-4-12-5/h2-4,6H,1H3,(H,9,10). The maximum absolute atomic E-state index is 10.7. The minimum Gasteiger partial charge on any atom is -0.479 e. The lowest BCUT2D eigenvalue weighted by molar-refractivity contribution is -0.142. The molecule has 0 amide bonds. The van der Waals surface area contributed by atoms with Gasteiger partial charge in [-0.25, -0.2) is 4.79 Å². The van der Waals surface area contributed by atoms with Gasteiger partial charge in [0.05, 0.1) is 0 Å². The lowest BCUT2D eigenvalue weighted by atomic mass is 10.1. The molecule has 3 nitrogen and oxygen atoms in total. The van der Waals surface area contributed by atoms with Crippen molar-refractivity contribution in [1.29, 1.82) is 0 Å². The van der Waals surface area contributed by atoms with E-state index in [0.717, 1.165) is 4.88 Å². The van der Waals surface area contributed by atoms with Gasteiger partial charge in [-0.05, 0) is 18.4 Å². The molecule has 1 aliphatic heterocycles. The van der Waals surface area contributed by atoms with E-state index in [4.69, 9.17) is 9.84 Å². The first-order valence-electron chi connectivity index (χ1n) is 3.59. The summed E-state index contributed by atoms with van der Waals surface area (Å²) in [7, 11) is 0. The van der Waals surface area contributed by atoms with Crippen molar-refractivity contribution >= 4 is 17.3 Å². The zero-order valence-electron chi connectivity index (χ0n) is 6.48. The topological polar surface area (TPSA) is 49.8 Å². The molecule has 1 N–H and O–H groups in total. The summed E-state index contributed by atoms with van der Waals surface area (Å²) >= 11 is 1.52. The molecule has 1 fully saturated rings. The fourth-order valence-electron chi connectivity index (χ4n) is 1.14. The van der Waals surface area contributed by atoms with E-state index >= 15 is 0 Å². The van der Waals surface area contributed by atoms with Crippen molar-refractivity contribution in [3.8, 4) is 0 Å². The number of carboxylic acid groups (broad SMARTS) is 1. The molecule has 0 saturated carbocycles. The monoisotopic (exact) mass is 184 g/mol. The summed E-state index contributed by atoms with van der Waals surface area (Å²) in [6.45, 7) is 1.60. The molecule has 4 heteroatoms. The van der Waals surface area contributed by atoms with Crippen LogP contribution in [0.15, 0.2) is 17.5 Å². The zero-order valence-corrected chi connectivity index (χ0v) is 7.30. The van der Waals surface area contributed by atoms with E-state index < -0.39 is 11.6 Å². The second kappa shape index (κ2) is 2.31. The molecular weight excluding hydrogens is 176 g/mol. The van der Waals surface area contributed by atoms with E-state index in [1.165, 1.54) is 11.3 Å². The predicted octanol–water partition coefficient (Wildman–Crippen LogP) is 1.66. The quantitative estimate of drug-likeness (QED) is 0.711. The summed E-state index contributed by atoms with van der Waals surface area (Å²) in [5.74, 6) is -0.888. The van der Waals surface area contributed by atoms with E-state index in [-0.39, 0.29) is 6.10 Å². The summed E-state index contributed by atoms with van der Waals surface area (Å²) < 4.78 is 5.12. The average molecular weight is 184 g/mol. The molecule has 64 valence electrons. The van der Waals surface area contributed by atoms with Crippen molar-refractivity contribution in [2.45, 2.75) is 18.6 Å². The number of thiophene rings is 1. The Morgan fingerprint density at radius 3 is 3.00 bits per heavy atom. The van der Waals surface area contributed by atoms with Crippen LogP contribution in [0.5, 0.6) is 0 Å². The van der Waals surface area contributed by atoms with Crippen LogP contribution in [-0.4, -0.2) is 16.7 Å². The summed E-state index contributed by atoms with van der Waals surface area (Å²) in [5.41, 5.74) is -0.981. The highest BCUT2D eigenvalue weighted by molar-refractivity contribution is 7.10. The van der Waals surface area contributed by atoms with Gasteiger partial charge in [-0.15, -0.1) is 11.3 Å². The van der Waals surface area contributed by atoms with E-state index in [1.54, 1.807) is 6.92 Å². The van der Waals surface area contributed by atoms with Crippen LogP contribution in [0.25, 0.3) is 0 Å². The van der Waals surface area contributed by atoms with Gasteiger partial charge >= 0.3 is 5.97 Å². The Balaban J connectivity index is 2.19. The molecule has 0 aromatic carbocycles. The SMILES string of the molecule is CC1(C(=O)O)OC1c1cccs1. The number of ether oxygens (including phenoxy) is 1. The van der Waals surface area contributed by atoms with Gasteiger partial charge in [0.15, 0.2) is 5.60 Å². The molecule has 0 bridgehead atoms. The van der Waals surface area contributed by atoms with E-state index in [1.807, 2.05) is 17.5 Å². The van der Waals surface area contributed by atoms with Crippen molar-refractivity contribution in [1.82, 2.24) is 0 Å². The molecular formula is C8H8O3S. The van der Waals surface area contributed by atoms with Gasteiger partial charge in [0.1, 0.15) is 6.10 Å². The highest BCUT2D eigenvalue weighted by Crippen LogP contribution is 2.50. The minimum atomic E-state index is -0.981. The smallest absolute Gasteiger partial charge is 0.338 e. The molecule has 2 unspecified atom stereocenters. The van der Waals surface area contributed by atoms with Crippen LogP contribution in [0, 0.1) is 0 Å². The zero-order chi connectivity index (χ0) is 8.77. The summed E-state index contributed by atoms with van der Waals surface area (Å²) in [4.78, 5) is 11.7. The lowest BCUT2D eigenvalue weighted by Crippen LogP contribution is -2.19. The molecule has 2 heterocycles. The summed E-state index contributed by atoms with van der Waals surface area (Å²) in [5, 5.41) is 10.7. The van der Waals surface area contributed by atoms with Gasteiger partial charge in [-0.3, -0.25) is 0 Å². The molecule has 2 rings (SSSR count). The van der Waals surface area contributed by atoms with Crippen molar-refractivity contribution in [2.75, 3.05) is 0 Å². The number of aliphatic carboxylic acids is 1. The fraction of sp³-hybridized carbons (Fsp3) is 0.375. The van der Waals surface area contributed by atoms with Gasteiger partial charge in [-0.1, -0.05) is 6.07 Å². The first-order chi connectivity index (χ1) is 5.64. The Labute approximate surface area is 73.6 Å². The highest BCUT2D eigenvalue weighted by atomic mass is 32.1. The average Bonchev–Trinajstić information content (AvgIpc) is 2.49. The molecule has 2 atom stereocenters. The first-order valence-corrected chi connectivity index (χ1v) is 4.47. The van der Waals surface area contributed by atoms with E-state index in [0.29, 0.717) is 0 Å². The van der Waals surface area contributed by atoms with Crippen molar-refractivity contribution in [2.24, 2.45) is 0 Å². The molecule has 1 aromatic rings. The summed E-state index contributed by atoms with van der Waals surface area (Å²) in [6, 6.07) is 3.79. The van der Waals surface area contributed by atoms with Crippen LogP contribution in [-0.2, 0) is 9.53 Å². The van der Waals surface area contributed by atoms with Crippen LogP contribution in [0.2, 0.25) is 0 Å². The van der Waals surface area contributed by atoms with Gasteiger partial charge in [0.2, 0.25) is 0 Å². The number of epoxide rings is 1. The summed E-state index contributed by atoms with van der Waals surface area (Å²) in [6.07, 6.45) is -0.241. The molecule has 1 aliphatic rings. The second-order valence-corrected chi connectivity index (χ2v) is 3.90. The number of rotatable bonds is 2. The van der Waals surface area contributed by atoms with Gasteiger partial charge in [0.25, 0.3) is 0 Å². The Kier molecular flexibility index (Phi) is 1.49. The second-order valence-electron chi connectivity index (χ2n) is 2.93. The predicted molar refractivity (Wildman–Crippen MR) is 44.2 cm³/mol. The van der Waals surface area contributed by atoms with Crippen LogP contribution < -0.4 is 0 Å². The third-order valence-corrected chi connectivity index (χ3v) is 2.95. The van der Waals surface area contributed by atoms with Gasteiger partial charge in [-0.2, -0.15) is 0 Å². The number of hydrogen-bond acceptors (Lipinski definition) is 3. The molecule has 12 heavy (non-hydrogen) atoms. The van der Waals surface area contributed by atoms with Crippen molar-refractivity contribution in [3.63, 3.8) is 0 Å². The Morgan fingerprint density at radius 1 is 1.83 bits per heavy atom. The van der Waals surface area contributed by atoms with Crippen LogP contribution in [0.4, 0.5) is 0 Å².